The number of benzene rings is 1. The van der Waals surface area contributed by atoms with Crippen LogP contribution in [0.5, 0.6) is 0 Å². The van der Waals surface area contributed by atoms with Crippen molar-refractivity contribution in [2.45, 2.75) is 47.0 Å². The molecule has 0 heterocycles. The Morgan fingerprint density at radius 2 is 1.89 bits per heavy atom. The Hall–Kier alpha value is -1.31. The number of carboxylic acids is 1. The van der Waals surface area contributed by atoms with Gasteiger partial charge in [0.1, 0.15) is 0 Å². The first-order chi connectivity index (χ1) is 8.29. The van der Waals surface area contributed by atoms with Crippen LogP contribution in [0, 0.1) is 11.3 Å². The van der Waals surface area contributed by atoms with E-state index in [0.717, 1.165) is 18.4 Å². The summed E-state index contributed by atoms with van der Waals surface area (Å²) < 4.78 is 0. The summed E-state index contributed by atoms with van der Waals surface area (Å²) in [6.45, 7) is 8.98. The van der Waals surface area contributed by atoms with Crippen LogP contribution in [-0.4, -0.2) is 11.1 Å². The summed E-state index contributed by atoms with van der Waals surface area (Å²) in [5, 5.41) is 9.12. The fraction of sp³-hybridized carbons (Fsp3) is 0.562. The van der Waals surface area contributed by atoms with Gasteiger partial charge in [-0.05, 0) is 42.2 Å². The lowest BCUT2D eigenvalue weighted by Crippen LogP contribution is -2.12. The zero-order valence-corrected chi connectivity index (χ0v) is 11.9. The minimum absolute atomic E-state index is 0.339. The molecule has 0 bridgehead atoms. The maximum absolute atomic E-state index is 11.1. The SMILES string of the molecule is CC(CCc1ccccc1C(=O)O)CC(C)(C)C. The van der Waals surface area contributed by atoms with Crippen molar-refractivity contribution >= 4 is 5.97 Å². The summed E-state index contributed by atoms with van der Waals surface area (Å²) in [4.78, 5) is 11.1. The highest BCUT2D eigenvalue weighted by Crippen LogP contribution is 2.27. The number of carboxylic acid groups (broad SMARTS) is 1. The highest BCUT2D eigenvalue weighted by molar-refractivity contribution is 5.89. The maximum atomic E-state index is 11.1. The normalized spacial score (nSPS) is 13.3. The summed E-state index contributed by atoms with van der Waals surface area (Å²) in [7, 11) is 0. The van der Waals surface area contributed by atoms with Gasteiger partial charge < -0.3 is 5.11 Å². The van der Waals surface area contributed by atoms with Gasteiger partial charge >= 0.3 is 5.97 Å². The fourth-order valence-electron chi connectivity index (χ4n) is 2.50. The van der Waals surface area contributed by atoms with Gasteiger partial charge in [-0.3, -0.25) is 0 Å². The molecule has 1 unspecified atom stereocenters. The molecule has 0 radical (unpaired) electrons. The van der Waals surface area contributed by atoms with Crippen molar-refractivity contribution < 1.29 is 9.90 Å². The lowest BCUT2D eigenvalue weighted by atomic mass is 9.83. The molecule has 0 aliphatic carbocycles. The first kappa shape index (κ1) is 14.7. The molecule has 0 aliphatic heterocycles. The molecule has 1 aromatic rings. The number of hydrogen-bond donors (Lipinski definition) is 1. The van der Waals surface area contributed by atoms with E-state index in [1.54, 1.807) is 12.1 Å². The van der Waals surface area contributed by atoms with Gasteiger partial charge in [0.15, 0.2) is 0 Å². The summed E-state index contributed by atoms with van der Waals surface area (Å²) in [5.41, 5.74) is 1.73. The number of aromatic carboxylic acids is 1. The quantitative estimate of drug-likeness (QED) is 0.839. The lowest BCUT2D eigenvalue weighted by Gasteiger charge is -2.23. The molecule has 2 nitrogen and oxygen atoms in total. The molecule has 0 spiro atoms. The first-order valence-electron chi connectivity index (χ1n) is 6.61. The summed E-state index contributed by atoms with van der Waals surface area (Å²) in [6.07, 6.45) is 3.06. The summed E-state index contributed by atoms with van der Waals surface area (Å²) >= 11 is 0. The fourth-order valence-corrected chi connectivity index (χ4v) is 2.50. The Morgan fingerprint density at radius 3 is 2.44 bits per heavy atom. The number of hydrogen-bond acceptors (Lipinski definition) is 1. The molecule has 1 rings (SSSR count). The van der Waals surface area contributed by atoms with E-state index in [0.29, 0.717) is 16.9 Å². The van der Waals surface area contributed by atoms with Crippen LogP contribution in [0.15, 0.2) is 24.3 Å². The minimum atomic E-state index is -0.825. The second-order valence-electron chi connectivity index (χ2n) is 6.37. The summed E-state index contributed by atoms with van der Waals surface area (Å²) in [5.74, 6) is -0.207. The minimum Gasteiger partial charge on any atom is -0.478 e. The highest BCUT2D eigenvalue weighted by Gasteiger charge is 2.16. The molecule has 0 saturated carbocycles. The van der Waals surface area contributed by atoms with Crippen LogP contribution in [0.2, 0.25) is 0 Å². The van der Waals surface area contributed by atoms with Crippen LogP contribution in [0.1, 0.15) is 56.5 Å². The molecule has 0 aliphatic rings. The Labute approximate surface area is 110 Å². The number of rotatable bonds is 5. The maximum Gasteiger partial charge on any atom is 0.335 e. The van der Waals surface area contributed by atoms with Gasteiger partial charge in [0.05, 0.1) is 5.56 Å². The van der Waals surface area contributed by atoms with E-state index >= 15 is 0 Å². The third kappa shape index (κ3) is 4.91. The lowest BCUT2D eigenvalue weighted by molar-refractivity contribution is 0.0695. The van der Waals surface area contributed by atoms with Crippen LogP contribution in [0.25, 0.3) is 0 Å². The van der Waals surface area contributed by atoms with E-state index in [1.165, 1.54) is 6.42 Å². The zero-order chi connectivity index (χ0) is 13.8. The van der Waals surface area contributed by atoms with Crippen LogP contribution < -0.4 is 0 Å². The highest BCUT2D eigenvalue weighted by atomic mass is 16.4. The van der Waals surface area contributed by atoms with Gasteiger partial charge in [0.2, 0.25) is 0 Å². The van der Waals surface area contributed by atoms with Crippen molar-refractivity contribution in [2.24, 2.45) is 11.3 Å². The predicted molar refractivity (Wildman–Crippen MR) is 75.0 cm³/mol. The molecule has 100 valence electrons. The van der Waals surface area contributed by atoms with Gasteiger partial charge in [-0.2, -0.15) is 0 Å². The molecule has 0 amide bonds. The molecular formula is C16H24O2. The van der Waals surface area contributed by atoms with Gasteiger partial charge in [0, 0.05) is 0 Å². The van der Waals surface area contributed by atoms with E-state index in [4.69, 9.17) is 5.11 Å². The molecular weight excluding hydrogens is 224 g/mol. The van der Waals surface area contributed by atoms with Crippen molar-refractivity contribution in [2.75, 3.05) is 0 Å². The first-order valence-corrected chi connectivity index (χ1v) is 6.61. The third-order valence-electron chi connectivity index (χ3n) is 3.12. The molecule has 0 aromatic heterocycles. The Morgan fingerprint density at radius 1 is 1.28 bits per heavy atom. The van der Waals surface area contributed by atoms with Crippen LogP contribution in [0.4, 0.5) is 0 Å². The standard InChI is InChI=1S/C16H24O2/c1-12(11-16(2,3)4)9-10-13-7-5-6-8-14(13)15(17)18/h5-8,12H,9-11H2,1-4H3,(H,17,18). The molecule has 1 N–H and O–H groups in total. The van der Waals surface area contributed by atoms with Crippen LogP contribution in [-0.2, 0) is 6.42 Å². The van der Waals surface area contributed by atoms with Crippen molar-refractivity contribution in [1.82, 2.24) is 0 Å². The third-order valence-corrected chi connectivity index (χ3v) is 3.12. The molecule has 0 fully saturated rings. The second-order valence-corrected chi connectivity index (χ2v) is 6.37. The second kappa shape index (κ2) is 6.03. The van der Waals surface area contributed by atoms with Crippen molar-refractivity contribution in [1.29, 1.82) is 0 Å². The predicted octanol–water partition coefficient (Wildman–Crippen LogP) is 4.39. The number of aryl methyl sites for hydroxylation is 1. The number of carbonyl (C=O) groups is 1. The van der Waals surface area contributed by atoms with E-state index in [-0.39, 0.29) is 0 Å². The van der Waals surface area contributed by atoms with Gasteiger partial charge in [-0.15, -0.1) is 0 Å². The van der Waals surface area contributed by atoms with E-state index in [1.807, 2.05) is 12.1 Å². The van der Waals surface area contributed by atoms with Crippen LogP contribution in [0.3, 0.4) is 0 Å². The van der Waals surface area contributed by atoms with E-state index < -0.39 is 5.97 Å². The van der Waals surface area contributed by atoms with Crippen molar-refractivity contribution in [3.05, 3.63) is 35.4 Å². The Balaban J connectivity index is 2.61. The van der Waals surface area contributed by atoms with Gasteiger partial charge in [0.25, 0.3) is 0 Å². The van der Waals surface area contributed by atoms with Crippen molar-refractivity contribution in [3.8, 4) is 0 Å². The van der Waals surface area contributed by atoms with Gasteiger partial charge in [-0.25, -0.2) is 4.79 Å². The average molecular weight is 248 g/mol. The monoisotopic (exact) mass is 248 g/mol. The van der Waals surface area contributed by atoms with E-state index in [2.05, 4.69) is 27.7 Å². The molecule has 18 heavy (non-hydrogen) atoms. The molecule has 1 aromatic carbocycles. The molecule has 2 heteroatoms. The Kier molecular flexibility index (Phi) is 4.94. The zero-order valence-electron chi connectivity index (χ0n) is 11.9. The topological polar surface area (TPSA) is 37.3 Å². The molecule has 1 atom stereocenters. The smallest absolute Gasteiger partial charge is 0.335 e. The van der Waals surface area contributed by atoms with Gasteiger partial charge in [-0.1, -0.05) is 45.9 Å². The van der Waals surface area contributed by atoms with Crippen molar-refractivity contribution in [3.63, 3.8) is 0 Å². The summed E-state index contributed by atoms with van der Waals surface area (Å²) in [6, 6.07) is 7.31. The van der Waals surface area contributed by atoms with E-state index in [9.17, 15) is 4.79 Å². The largest absolute Gasteiger partial charge is 0.478 e. The average Bonchev–Trinajstić information content (AvgIpc) is 2.24. The molecule has 0 saturated heterocycles. The van der Waals surface area contributed by atoms with Crippen LogP contribution >= 0.6 is 0 Å². The Bertz CT molecular complexity index is 402.